The van der Waals surface area contributed by atoms with Crippen molar-refractivity contribution < 1.29 is 9.53 Å². The lowest BCUT2D eigenvalue weighted by atomic mass is 10.0. The molecule has 39 heavy (non-hydrogen) atoms. The van der Waals surface area contributed by atoms with Crippen molar-refractivity contribution in [1.29, 1.82) is 0 Å². The Hall–Kier alpha value is -4.53. The number of rotatable bonds is 10. The number of esters is 1. The van der Waals surface area contributed by atoms with E-state index in [2.05, 4.69) is 22.4 Å². The number of anilines is 3. The number of fused-ring (bicyclic) bond motifs is 1. The standard InChI is InChI=1S/C30H32N6O3/c1-2-39-28(38)14-13-23-20-35(26-16-18-32-29(34-26)31-17-15-22-9-5-3-6-10-22)30-33-25(19-27(37)36(30)21-23)24-11-7-4-8-12-24/h3-12,16,18-19,23H,2,13-15,17,20-21H2,1H3,(H,31,32,34)/t23-/m1/s1. The van der Waals surface area contributed by atoms with E-state index in [1.165, 1.54) is 5.56 Å². The first-order valence-corrected chi connectivity index (χ1v) is 13.3. The molecule has 0 bridgehead atoms. The van der Waals surface area contributed by atoms with Gasteiger partial charge in [0.15, 0.2) is 0 Å². The van der Waals surface area contributed by atoms with Crippen molar-refractivity contribution in [3.8, 4) is 11.3 Å². The molecule has 1 N–H and O–H groups in total. The molecule has 9 heteroatoms. The van der Waals surface area contributed by atoms with Crippen LogP contribution in [-0.2, 0) is 22.5 Å². The van der Waals surface area contributed by atoms with Crippen LogP contribution in [-0.4, -0.2) is 45.2 Å². The number of carbonyl (C=O) groups is 1. The van der Waals surface area contributed by atoms with Crippen molar-refractivity contribution in [2.24, 2.45) is 5.92 Å². The van der Waals surface area contributed by atoms with Gasteiger partial charge in [0, 0.05) is 43.9 Å². The maximum atomic E-state index is 13.3. The van der Waals surface area contributed by atoms with Crippen LogP contribution in [0.5, 0.6) is 0 Å². The van der Waals surface area contributed by atoms with E-state index in [9.17, 15) is 9.59 Å². The summed E-state index contributed by atoms with van der Waals surface area (Å²) in [6.07, 6.45) is 3.43. The van der Waals surface area contributed by atoms with Crippen LogP contribution in [0.4, 0.5) is 17.7 Å². The smallest absolute Gasteiger partial charge is 0.305 e. The van der Waals surface area contributed by atoms with Gasteiger partial charge in [-0.15, -0.1) is 0 Å². The Morgan fingerprint density at radius 2 is 1.79 bits per heavy atom. The molecule has 0 radical (unpaired) electrons. The Kier molecular flexibility index (Phi) is 8.26. The second kappa shape index (κ2) is 12.3. The highest BCUT2D eigenvalue weighted by Crippen LogP contribution is 2.31. The highest BCUT2D eigenvalue weighted by molar-refractivity contribution is 5.69. The monoisotopic (exact) mass is 524 g/mol. The Balaban J connectivity index is 1.43. The van der Waals surface area contributed by atoms with Crippen molar-refractivity contribution in [2.75, 3.05) is 29.9 Å². The van der Waals surface area contributed by atoms with E-state index < -0.39 is 0 Å². The topological polar surface area (TPSA) is 102 Å². The molecule has 0 fully saturated rings. The lowest BCUT2D eigenvalue weighted by Gasteiger charge is -2.35. The second-order valence-corrected chi connectivity index (χ2v) is 9.48. The summed E-state index contributed by atoms with van der Waals surface area (Å²) < 4.78 is 6.80. The van der Waals surface area contributed by atoms with Gasteiger partial charge in [0.1, 0.15) is 5.82 Å². The molecule has 5 rings (SSSR count). The minimum absolute atomic E-state index is 0.0356. The van der Waals surface area contributed by atoms with E-state index >= 15 is 0 Å². The van der Waals surface area contributed by atoms with Crippen LogP contribution in [0.1, 0.15) is 25.3 Å². The van der Waals surface area contributed by atoms with Crippen LogP contribution >= 0.6 is 0 Å². The molecule has 2 aromatic heterocycles. The molecular weight excluding hydrogens is 492 g/mol. The molecule has 1 aliphatic heterocycles. The lowest BCUT2D eigenvalue weighted by Crippen LogP contribution is -2.41. The molecular formula is C30H32N6O3. The normalized spacial score (nSPS) is 14.5. The number of benzene rings is 2. The Labute approximate surface area is 227 Å². The zero-order valence-corrected chi connectivity index (χ0v) is 22.0. The maximum absolute atomic E-state index is 13.3. The molecule has 3 heterocycles. The number of nitrogens with one attached hydrogen (secondary N) is 1. The fourth-order valence-electron chi connectivity index (χ4n) is 4.77. The van der Waals surface area contributed by atoms with Gasteiger partial charge in [-0.05, 0) is 37.3 Å². The molecule has 4 aromatic rings. The molecule has 1 atom stereocenters. The van der Waals surface area contributed by atoms with Crippen LogP contribution in [0.25, 0.3) is 11.3 Å². The molecule has 0 saturated heterocycles. The lowest BCUT2D eigenvalue weighted by molar-refractivity contribution is -0.143. The highest BCUT2D eigenvalue weighted by Gasteiger charge is 2.29. The summed E-state index contributed by atoms with van der Waals surface area (Å²) in [5.74, 6) is 1.48. The van der Waals surface area contributed by atoms with Gasteiger partial charge in [-0.3, -0.25) is 19.1 Å². The first kappa shape index (κ1) is 26.1. The van der Waals surface area contributed by atoms with Crippen molar-refractivity contribution >= 4 is 23.7 Å². The zero-order valence-electron chi connectivity index (χ0n) is 22.0. The molecule has 1 aliphatic rings. The van der Waals surface area contributed by atoms with Crippen molar-refractivity contribution in [2.45, 2.75) is 32.7 Å². The third-order valence-electron chi connectivity index (χ3n) is 6.70. The Bertz CT molecular complexity index is 1460. The first-order chi connectivity index (χ1) is 19.1. The summed E-state index contributed by atoms with van der Waals surface area (Å²) in [5, 5.41) is 3.31. The van der Waals surface area contributed by atoms with Crippen molar-refractivity contribution in [3.05, 3.63) is 94.9 Å². The predicted octanol–water partition coefficient (Wildman–Crippen LogP) is 4.47. The number of hydrogen-bond donors (Lipinski definition) is 1. The summed E-state index contributed by atoms with van der Waals surface area (Å²) in [4.78, 5) is 41.4. The largest absolute Gasteiger partial charge is 0.466 e. The molecule has 9 nitrogen and oxygen atoms in total. The maximum Gasteiger partial charge on any atom is 0.305 e. The van der Waals surface area contributed by atoms with Gasteiger partial charge in [0.2, 0.25) is 11.9 Å². The van der Waals surface area contributed by atoms with Gasteiger partial charge in [0.25, 0.3) is 5.56 Å². The van der Waals surface area contributed by atoms with Gasteiger partial charge in [-0.25, -0.2) is 9.97 Å². The van der Waals surface area contributed by atoms with Gasteiger partial charge >= 0.3 is 5.97 Å². The fourth-order valence-corrected chi connectivity index (χ4v) is 4.77. The summed E-state index contributed by atoms with van der Waals surface area (Å²) in [7, 11) is 0. The van der Waals surface area contributed by atoms with E-state index in [-0.39, 0.29) is 17.4 Å². The molecule has 0 unspecified atom stereocenters. The van der Waals surface area contributed by atoms with E-state index in [0.717, 1.165) is 12.0 Å². The van der Waals surface area contributed by atoms with E-state index in [4.69, 9.17) is 14.7 Å². The number of carbonyl (C=O) groups excluding carboxylic acids is 1. The average molecular weight is 525 g/mol. The molecule has 2 aromatic carbocycles. The van der Waals surface area contributed by atoms with Crippen molar-refractivity contribution in [3.63, 3.8) is 0 Å². The first-order valence-electron chi connectivity index (χ1n) is 13.3. The van der Waals surface area contributed by atoms with Gasteiger partial charge in [-0.1, -0.05) is 60.7 Å². The minimum Gasteiger partial charge on any atom is -0.466 e. The van der Waals surface area contributed by atoms with Gasteiger partial charge in [-0.2, -0.15) is 4.98 Å². The summed E-state index contributed by atoms with van der Waals surface area (Å²) in [6.45, 7) is 3.86. The molecule has 200 valence electrons. The Morgan fingerprint density at radius 1 is 1.03 bits per heavy atom. The minimum atomic E-state index is -0.230. The SMILES string of the molecule is CCOC(=O)CC[C@@H]1CN(c2ccnc(NCCc3ccccc3)n2)c2nc(-c3ccccc3)cc(=O)n2C1. The number of hydrogen-bond acceptors (Lipinski definition) is 8. The number of ether oxygens (including phenoxy) is 1. The van der Waals surface area contributed by atoms with Gasteiger partial charge < -0.3 is 10.1 Å². The van der Waals surface area contributed by atoms with Crippen LogP contribution in [0.15, 0.2) is 83.8 Å². The van der Waals surface area contributed by atoms with Crippen LogP contribution in [0.3, 0.4) is 0 Å². The summed E-state index contributed by atoms with van der Waals surface area (Å²) >= 11 is 0. The van der Waals surface area contributed by atoms with Crippen molar-refractivity contribution in [1.82, 2.24) is 19.5 Å². The highest BCUT2D eigenvalue weighted by atomic mass is 16.5. The van der Waals surface area contributed by atoms with E-state index in [1.807, 2.05) is 59.5 Å². The molecule has 0 amide bonds. The molecule has 0 spiro atoms. The zero-order chi connectivity index (χ0) is 27.0. The quantitative estimate of drug-likeness (QED) is 0.303. The number of aromatic nitrogens is 4. The predicted molar refractivity (Wildman–Crippen MR) is 151 cm³/mol. The van der Waals surface area contributed by atoms with Crippen LogP contribution in [0, 0.1) is 5.92 Å². The molecule has 0 aliphatic carbocycles. The Morgan fingerprint density at radius 3 is 2.56 bits per heavy atom. The third-order valence-corrected chi connectivity index (χ3v) is 6.70. The van der Waals surface area contributed by atoms with Crippen LogP contribution in [0.2, 0.25) is 0 Å². The summed E-state index contributed by atoms with van der Waals surface area (Å²) in [5.41, 5.74) is 2.57. The van der Waals surface area contributed by atoms with E-state index in [1.54, 1.807) is 23.8 Å². The summed E-state index contributed by atoms with van der Waals surface area (Å²) in [6, 6.07) is 23.3. The van der Waals surface area contributed by atoms with Crippen LogP contribution < -0.4 is 15.8 Å². The molecule has 0 saturated carbocycles. The number of nitrogens with zero attached hydrogens (tertiary/aromatic N) is 5. The average Bonchev–Trinajstić information content (AvgIpc) is 2.97. The van der Waals surface area contributed by atoms with Gasteiger partial charge in [0.05, 0.1) is 12.3 Å². The third kappa shape index (κ3) is 6.49. The van der Waals surface area contributed by atoms with E-state index in [0.29, 0.717) is 62.5 Å². The second-order valence-electron chi connectivity index (χ2n) is 9.48. The fraction of sp³-hybridized carbons (Fsp3) is 0.300.